The van der Waals surface area contributed by atoms with Crippen LogP contribution in [0.5, 0.6) is 0 Å². The second-order valence-corrected chi connectivity index (χ2v) is 12.0. The van der Waals surface area contributed by atoms with Crippen LogP contribution in [0.2, 0.25) is 0 Å². The number of hydrogen-bond donors (Lipinski definition) is 3. The first kappa shape index (κ1) is 23.3. The lowest BCUT2D eigenvalue weighted by Gasteiger charge is -2.57. The molecule has 174 valence electrons. The molecule has 0 aromatic carbocycles. The van der Waals surface area contributed by atoms with Crippen LogP contribution in [0, 0.1) is 46.3 Å². The van der Waals surface area contributed by atoms with E-state index >= 15 is 0 Å². The maximum Gasteiger partial charge on any atom is 0.107 e. The van der Waals surface area contributed by atoms with E-state index in [0.29, 0.717) is 41.4 Å². The number of allylic oxidation sites excluding steroid dienone is 5. The Morgan fingerprint density at radius 3 is 2.32 bits per heavy atom. The molecule has 0 heterocycles. The molecule has 4 aliphatic rings. The molecular formula is C28H44O3. The summed E-state index contributed by atoms with van der Waals surface area (Å²) in [6, 6.07) is 0. The van der Waals surface area contributed by atoms with E-state index in [2.05, 4.69) is 65.8 Å². The summed E-state index contributed by atoms with van der Waals surface area (Å²) in [5, 5.41) is 31.8. The number of fused-ring (bicyclic) bond motifs is 5. The predicted molar refractivity (Wildman–Crippen MR) is 126 cm³/mol. The summed E-state index contributed by atoms with van der Waals surface area (Å²) in [5.41, 5.74) is 2.45. The fourth-order valence-corrected chi connectivity index (χ4v) is 7.68. The van der Waals surface area contributed by atoms with Crippen molar-refractivity contribution in [2.75, 3.05) is 0 Å². The zero-order valence-corrected chi connectivity index (χ0v) is 20.4. The van der Waals surface area contributed by atoms with E-state index in [0.717, 1.165) is 12.0 Å². The molecule has 0 amide bonds. The molecule has 0 aliphatic heterocycles. The van der Waals surface area contributed by atoms with Gasteiger partial charge in [0.05, 0.1) is 12.2 Å². The van der Waals surface area contributed by atoms with Crippen LogP contribution in [0.25, 0.3) is 0 Å². The average molecular weight is 429 g/mol. The largest absolute Gasteiger partial charge is 0.390 e. The van der Waals surface area contributed by atoms with Crippen LogP contribution >= 0.6 is 0 Å². The molecule has 0 aromatic rings. The Balaban J connectivity index is 1.60. The summed E-state index contributed by atoms with van der Waals surface area (Å²) >= 11 is 0. The molecule has 0 aromatic heterocycles. The van der Waals surface area contributed by atoms with Crippen LogP contribution in [0.1, 0.15) is 73.6 Å². The molecule has 3 heteroatoms. The minimum absolute atomic E-state index is 0.272. The maximum atomic E-state index is 11.1. The van der Waals surface area contributed by atoms with Crippen molar-refractivity contribution in [1.82, 2.24) is 0 Å². The highest BCUT2D eigenvalue weighted by Crippen LogP contribution is 2.66. The Bertz CT molecular complexity index is 779. The summed E-state index contributed by atoms with van der Waals surface area (Å²) in [7, 11) is 0. The SMILES string of the molecule is CC(C)[C@@H](C)C=C[C@@H](C)[C@H]1CC[C@H]2C3=CC=C4C[C@@H](O)C(O)[C@H](O)[C@@]4(C)[C@@H]3CC[C@]12C. The highest BCUT2D eigenvalue weighted by molar-refractivity contribution is 5.40. The molecule has 4 rings (SSSR count). The molecule has 3 saturated carbocycles. The third-order valence-corrected chi connectivity index (χ3v) is 10.2. The van der Waals surface area contributed by atoms with E-state index in [9.17, 15) is 15.3 Å². The first-order valence-corrected chi connectivity index (χ1v) is 12.7. The summed E-state index contributed by atoms with van der Waals surface area (Å²) in [4.78, 5) is 0. The Labute approximate surface area is 189 Å². The van der Waals surface area contributed by atoms with Gasteiger partial charge in [-0.2, -0.15) is 0 Å². The van der Waals surface area contributed by atoms with E-state index in [1.54, 1.807) is 0 Å². The Hall–Kier alpha value is -0.900. The Morgan fingerprint density at radius 2 is 1.65 bits per heavy atom. The Kier molecular flexibility index (Phi) is 6.12. The Morgan fingerprint density at radius 1 is 0.935 bits per heavy atom. The molecule has 3 N–H and O–H groups in total. The molecule has 10 atom stereocenters. The van der Waals surface area contributed by atoms with E-state index in [4.69, 9.17) is 0 Å². The molecule has 1 unspecified atom stereocenters. The molecule has 0 saturated heterocycles. The fraction of sp³-hybridized carbons (Fsp3) is 0.786. The van der Waals surface area contributed by atoms with E-state index < -0.39 is 23.7 Å². The number of hydrogen-bond acceptors (Lipinski definition) is 3. The van der Waals surface area contributed by atoms with Crippen LogP contribution in [0.4, 0.5) is 0 Å². The normalized spacial score (nSPS) is 46.8. The predicted octanol–water partition coefficient (Wildman–Crippen LogP) is 5.27. The van der Waals surface area contributed by atoms with Crippen LogP contribution < -0.4 is 0 Å². The fourth-order valence-electron chi connectivity index (χ4n) is 7.68. The molecule has 0 bridgehead atoms. The van der Waals surface area contributed by atoms with Gasteiger partial charge in [0.15, 0.2) is 0 Å². The van der Waals surface area contributed by atoms with Gasteiger partial charge in [0.2, 0.25) is 0 Å². The summed E-state index contributed by atoms with van der Waals surface area (Å²) in [5.74, 6) is 3.39. The molecule has 0 spiro atoms. The van der Waals surface area contributed by atoms with Gasteiger partial charge in [-0.25, -0.2) is 0 Å². The van der Waals surface area contributed by atoms with Gasteiger partial charge in [0, 0.05) is 5.41 Å². The standard InChI is InChI=1S/C28H44O3/c1-16(2)17(3)7-8-18(4)21-11-12-22-20-10-9-19-15-24(29)25(30)26(31)28(19,6)23(20)13-14-27(21,22)5/h7-10,16-18,21-26,29-31H,11-15H2,1-6H3/t17-,18+,21+,22-,23+,24+,25?,26-,27+,28+/m0/s1. The third kappa shape index (κ3) is 3.50. The maximum absolute atomic E-state index is 11.1. The quantitative estimate of drug-likeness (QED) is 0.534. The van der Waals surface area contributed by atoms with Gasteiger partial charge in [-0.15, -0.1) is 0 Å². The van der Waals surface area contributed by atoms with Crippen molar-refractivity contribution in [3.05, 3.63) is 35.5 Å². The first-order valence-electron chi connectivity index (χ1n) is 12.7. The molecule has 3 nitrogen and oxygen atoms in total. The zero-order valence-electron chi connectivity index (χ0n) is 20.4. The molecule has 0 radical (unpaired) electrons. The van der Waals surface area contributed by atoms with Gasteiger partial charge in [-0.1, -0.05) is 77.0 Å². The lowest BCUT2D eigenvalue weighted by atomic mass is 9.49. The zero-order chi connectivity index (χ0) is 22.7. The number of aliphatic hydroxyl groups is 3. The molecule has 3 fully saturated rings. The van der Waals surface area contributed by atoms with Crippen molar-refractivity contribution in [2.24, 2.45) is 46.3 Å². The lowest BCUT2D eigenvalue weighted by molar-refractivity contribution is -0.137. The van der Waals surface area contributed by atoms with Gasteiger partial charge in [-0.3, -0.25) is 0 Å². The van der Waals surface area contributed by atoms with Gasteiger partial charge >= 0.3 is 0 Å². The summed E-state index contributed by atoms with van der Waals surface area (Å²) < 4.78 is 0. The topological polar surface area (TPSA) is 60.7 Å². The van der Waals surface area contributed by atoms with Crippen molar-refractivity contribution in [3.63, 3.8) is 0 Å². The van der Waals surface area contributed by atoms with E-state index in [1.165, 1.54) is 24.8 Å². The van der Waals surface area contributed by atoms with Crippen molar-refractivity contribution < 1.29 is 15.3 Å². The van der Waals surface area contributed by atoms with Gasteiger partial charge in [0.25, 0.3) is 0 Å². The minimum Gasteiger partial charge on any atom is -0.390 e. The smallest absolute Gasteiger partial charge is 0.107 e. The van der Waals surface area contributed by atoms with Crippen LogP contribution in [-0.4, -0.2) is 33.6 Å². The van der Waals surface area contributed by atoms with Gasteiger partial charge < -0.3 is 15.3 Å². The average Bonchev–Trinajstić information content (AvgIpc) is 3.08. The van der Waals surface area contributed by atoms with Gasteiger partial charge in [0.1, 0.15) is 6.10 Å². The van der Waals surface area contributed by atoms with Crippen molar-refractivity contribution in [1.29, 1.82) is 0 Å². The summed E-state index contributed by atoms with van der Waals surface area (Å²) in [6.07, 6.45) is 11.8. The van der Waals surface area contributed by atoms with Crippen LogP contribution in [-0.2, 0) is 0 Å². The number of aliphatic hydroxyl groups excluding tert-OH is 3. The lowest BCUT2D eigenvalue weighted by Crippen LogP contribution is -2.58. The second-order valence-electron chi connectivity index (χ2n) is 12.0. The van der Waals surface area contributed by atoms with Crippen molar-refractivity contribution in [3.8, 4) is 0 Å². The molecule has 4 aliphatic carbocycles. The molecule has 31 heavy (non-hydrogen) atoms. The highest BCUT2D eigenvalue weighted by Gasteiger charge is 2.60. The van der Waals surface area contributed by atoms with Crippen molar-refractivity contribution in [2.45, 2.75) is 92.0 Å². The highest BCUT2D eigenvalue weighted by atomic mass is 16.4. The second kappa shape index (κ2) is 8.15. The van der Waals surface area contributed by atoms with E-state index in [1.807, 2.05) is 0 Å². The monoisotopic (exact) mass is 428 g/mol. The van der Waals surface area contributed by atoms with E-state index in [-0.39, 0.29) is 5.92 Å². The number of rotatable bonds is 4. The van der Waals surface area contributed by atoms with Crippen LogP contribution in [0.15, 0.2) is 35.5 Å². The van der Waals surface area contributed by atoms with Crippen molar-refractivity contribution >= 4 is 0 Å². The summed E-state index contributed by atoms with van der Waals surface area (Å²) in [6.45, 7) is 14.0. The first-order chi connectivity index (χ1) is 14.5. The van der Waals surface area contributed by atoms with Crippen LogP contribution in [0.3, 0.4) is 0 Å². The third-order valence-electron chi connectivity index (χ3n) is 10.2. The molecular weight excluding hydrogens is 384 g/mol. The minimum atomic E-state index is -1.06. The van der Waals surface area contributed by atoms with Gasteiger partial charge in [-0.05, 0) is 73.0 Å².